The summed E-state index contributed by atoms with van der Waals surface area (Å²) in [6.07, 6.45) is 2.74. The van der Waals surface area contributed by atoms with E-state index < -0.39 is 11.5 Å². The third kappa shape index (κ3) is 4.91. The molecular formula is C27H28N8O3. The van der Waals surface area contributed by atoms with Gasteiger partial charge in [-0.05, 0) is 36.9 Å². The molecule has 1 aliphatic heterocycles. The maximum atomic E-state index is 12.9. The second kappa shape index (κ2) is 10.3. The number of nitrogens with zero attached hydrogens (tertiary/aromatic N) is 6. The molecule has 0 unspecified atom stereocenters. The molecule has 5 rings (SSSR count). The van der Waals surface area contributed by atoms with E-state index in [1.54, 1.807) is 31.4 Å². The summed E-state index contributed by atoms with van der Waals surface area (Å²) in [6, 6.07) is 12.7. The van der Waals surface area contributed by atoms with Crippen molar-refractivity contribution in [3.8, 4) is 11.4 Å². The van der Waals surface area contributed by atoms with E-state index in [9.17, 15) is 9.59 Å². The van der Waals surface area contributed by atoms with Crippen LogP contribution in [0.4, 0.5) is 17.3 Å². The molecule has 0 saturated carbocycles. The number of methoxy groups -OCH3 is 1. The Bertz CT molecular complexity index is 1590. The van der Waals surface area contributed by atoms with E-state index in [1.807, 2.05) is 18.2 Å². The van der Waals surface area contributed by atoms with Gasteiger partial charge in [0.2, 0.25) is 11.9 Å². The van der Waals surface area contributed by atoms with Crippen LogP contribution in [0.3, 0.4) is 0 Å². The van der Waals surface area contributed by atoms with E-state index >= 15 is 0 Å². The number of fused-ring (bicyclic) bond motifs is 1. The van der Waals surface area contributed by atoms with Crippen LogP contribution in [0.1, 0.15) is 5.56 Å². The van der Waals surface area contributed by atoms with Crippen molar-refractivity contribution < 1.29 is 9.53 Å². The van der Waals surface area contributed by atoms with Crippen molar-refractivity contribution in [2.75, 3.05) is 50.6 Å². The summed E-state index contributed by atoms with van der Waals surface area (Å²) in [4.78, 5) is 42.3. The Morgan fingerprint density at radius 3 is 2.58 bits per heavy atom. The fourth-order valence-electron chi connectivity index (χ4n) is 4.36. The standard InChI is InChI=1S/C27H28N8O3/c1-17(25(28)37)18-5-4-6-20(13-18)35-24(36)16-29-22-15-30-27(32-26(22)35)31-21-8-7-19(14-23(21)38-3)34-11-9-33(2)10-12-34/h4-8,13-16H,1,9-12H2,2-3H3,(H2,28,37)(H,30,31,32). The van der Waals surface area contributed by atoms with Crippen molar-refractivity contribution >= 4 is 40.0 Å². The van der Waals surface area contributed by atoms with Gasteiger partial charge >= 0.3 is 0 Å². The highest BCUT2D eigenvalue weighted by Gasteiger charge is 2.17. The number of amides is 1. The van der Waals surface area contributed by atoms with Crippen LogP contribution < -0.4 is 26.2 Å². The van der Waals surface area contributed by atoms with E-state index in [-0.39, 0.29) is 11.5 Å². The number of hydrogen-bond acceptors (Lipinski definition) is 9. The van der Waals surface area contributed by atoms with Crippen LogP contribution in [0.25, 0.3) is 22.4 Å². The number of rotatable bonds is 7. The monoisotopic (exact) mass is 512 g/mol. The molecule has 38 heavy (non-hydrogen) atoms. The Hall–Kier alpha value is -4.77. The first-order valence-corrected chi connectivity index (χ1v) is 12.1. The molecule has 2 aromatic heterocycles. The summed E-state index contributed by atoms with van der Waals surface area (Å²) in [5.41, 5.74) is 8.61. The van der Waals surface area contributed by atoms with Gasteiger partial charge < -0.3 is 25.6 Å². The van der Waals surface area contributed by atoms with Crippen LogP contribution in [0, 0.1) is 0 Å². The van der Waals surface area contributed by atoms with Gasteiger partial charge in [-0.2, -0.15) is 4.98 Å². The Morgan fingerprint density at radius 1 is 1.05 bits per heavy atom. The largest absolute Gasteiger partial charge is 0.494 e. The maximum absolute atomic E-state index is 12.9. The Labute approximate surface area is 219 Å². The molecule has 4 aromatic rings. The minimum atomic E-state index is -0.643. The van der Waals surface area contributed by atoms with Gasteiger partial charge in [-0.1, -0.05) is 18.7 Å². The number of aromatic nitrogens is 4. The number of carbonyl (C=O) groups excluding carboxylic acids is 1. The normalized spacial score (nSPS) is 13.9. The smallest absolute Gasteiger partial charge is 0.275 e. The summed E-state index contributed by atoms with van der Waals surface area (Å²) in [5.74, 6) is 0.267. The predicted molar refractivity (Wildman–Crippen MR) is 147 cm³/mol. The van der Waals surface area contributed by atoms with Crippen molar-refractivity contribution in [3.63, 3.8) is 0 Å². The first-order chi connectivity index (χ1) is 18.3. The average molecular weight is 513 g/mol. The number of anilines is 3. The zero-order valence-electron chi connectivity index (χ0n) is 21.2. The predicted octanol–water partition coefficient (Wildman–Crippen LogP) is 2.18. The zero-order chi connectivity index (χ0) is 26.8. The van der Waals surface area contributed by atoms with Crippen LogP contribution in [0.5, 0.6) is 5.75 Å². The number of ether oxygens (including phenoxy) is 1. The van der Waals surface area contributed by atoms with Gasteiger partial charge in [0.05, 0.1) is 30.9 Å². The number of nitrogens with one attached hydrogen (secondary N) is 1. The summed E-state index contributed by atoms with van der Waals surface area (Å²) in [7, 11) is 3.74. The highest BCUT2D eigenvalue weighted by atomic mass is 16.5. The lowest BCUT2D eigenvalue weighted by atomic mass is 10.1. The van der Waals surface area contributed by atoms with Crippen LogP contribution in [0.15, 0.2) is 66.2 Å². The van der Waals surface area contributed by atoms with Gasteiger partial charge in [-0.15, -0.1) is 0 Å². The molecule has 11 nitrogen and oxygen atoms in total. The zero-order valence-corrected chi connectivity index (χ0v) is 21.2. The molecular weight excluding hydrogens is 484 g/mol. The number of likely N-dealkylation sites (N-methyl/N-ethyl adjacent to an activating group) is 1. The second-order valence-corrected chi connectivity index (χ2v) is 9.03. The molecule has 2 aromatic carbocycles. The van der Waals surface area contributed by atoms with Gasteiger partial charge in [-0.25, -0.2) is 9.97 Å². The number of benzene rings is 2. The number of primary amides is 1. The fraction of sp³-hybridized carbons (Fsp3) is 0.222. The third-order valence-corrected chi connectivity index (χ3v) is 6.55. The highest BCUT2D eigenvalue weighted by Crippen LogP contribution is 2.32. The van der Waals surface area contributed by atoms with E-state index in [1.165, 1.54) is 17.0 Å². The SMILES string of the molecule is C=C(C(N)=O)c1cccc(-n2c(=O)cnc3cnc(Nc4ccc(N5CCN(C)CC5)cc4OC)nc32)c1. The van der Waals surface area contributed by atoms with E-state index in [0.717, 1.165) is 31.9 Å². The molecule has 3 heterocycles. The quantitative estimate of drug-likeness (QED) is 0.358. The third-order valence-electron chi connectivity index (χ3n) is 6.55. The minimum Gasteiger partial charge on any atom is -0.494 e. The Morgan fingerprint density at radius 2 is 1.84 bits per heavy atom. The molecule has 0 aliphatic carbocycles. The van der Waals surface area contributed by atoms with Gasteiger partial charge in [-0.3, -0.25) is 14.2 Å². The fourth-order valence-corrected chi connectivity index (χ4v) is 4.36. The molecule has 1 fully saturated rings. The molecule has 0 atom stereocenters. The second-order valence-electron chi connectivity index (χ2n) is 9.03. The van der Waals surface area contributed by atoms with Crippen LogP contribution in [-0.4, -0.2) is 70.7 Å². The molecule has 0 bridgehead atoms. The van der Waals surface area contributed by atoms with Crippen molar-refractivity contribution in [1.82, 2.24) is 24.4 Å². The molecule has 1 aliphatic rings. The Balaban J connectivity index is 1.50. The number of carbonyl (C=O) groups is 1. The van der Waals surface area contributed by atoms with Gasteiger partial charge in [0.15, 0.2) is 5.65 Å². The van der Waals surface area contributed by atoms with Crippen LogP contribution in [-0.2, 0) is 4.79 Å². The topological polar surface area (TPSA) is 132 Å². The molecule has 1 saturated heterocycles. The van der Waals surface area contributed by atoms with E-state index in [0.29, 0.717) is 33.9 Å². The number of nitrogens with two attached hydrogens (primary N) is 1. The Kier molecular flexibility index (Phi) is 6.75. The number of hydrogen-bond donors (Lipinski definition) is 2. The lowest BCUT2D eigenvalue weighted by molar-refractivity contribution is -0.112. The molecule has 1 amide bonds. The summed E-state index contributed by atoms with van der Waals surface area (Å²) in [6.45, 7) is 7.63. The maximum Gasteiger partial charge on any atom is 0.275 e. The van der Waals surface area contributed by atoms with Gasteiger partial charge in [0.25, 0.3) is 5.56 Å². The summed E-state index contributed by atoms with van der Waals surface area (Å²) in [5, 5.41) is 3.20. The van der Waals surface area contributed by atoms with E-state index in [2.05, 4.69) is 43.7 Å². The highest BCUT2D eigenvalue weighted by molar-refractivity contribution is 6.17. The lowest BCUT2D eigenvalue weighted by Crippen LogP contribution is -2.44. The average Bonchev–Trinajstić information content (AvgIpc) is 2.93. The van der Waals surface area contributed by atoms with Crippen molar-refractivity contribution in [1.29, 1.82) is 0 Å². The molecule has 0 radical (unpaired) electrons. The summed E-state index contributed by atoms with van der Waals surface area (Å²) >= 11 is 0. The lowest BCUT2D eigenvalue weighted by Gasteiger charge is -2.34. The van der Waals surface area contributed by atoms with Crippen LogP contribution in [0.2, 0.25) is 0 Å². The minimum absolute atomic E-state index is 0.141. The van der Waals surface area contributed by atoms with Crippen molar-refractivity contribution in [3.05, 3.63) is 77.4 Å². The van der Waals surface area contributed by atoms with Gasteiger partial charge in [0, 0.05) is 43.5 Å². The molecule has 0 spiro atoms. The van der Waals surface area contributed by atoms with Crippen molar-refractivity contribution in [2.45, 2.75) is 0 Å². The molecule has 11 heteroatoms. The number of piperazine rings is 1. The first kappa shape index (κ1) is 24.9. The van der Waals surface area contributed by atoms with Crippen molar-refractivity contribution in [2.24, 2.45) is 5.73 Å². The van der Waals surface area contributed by atoms with Crippen LogP contribution >= 0.6 is 0 Å². The first-order valence-electron chi connectivity index (χ1n) is 12.1. The molecule has 3 N–H and O–H groups in total. The van der Waals surface area contributed by atoms with Gasteiger partial charge in [0.1, 0.15) is 11.3 Å². The van der Waals surface area contributed by atoms with E-state index in [4.69, 9.17) is 10.5 Å². The molecule has 194 valence electrons. The summed E-state index contributed by atoms with van der Waals surface area (Å²) < 4.78 is 7.06.